The van der Waals surface area contributed by atoms with Crippen molar-refractivity contribution in [1.29, 1.82) is 0 Å². The van der Waals surface area contributed by atoms with Crippen LogP contribution < -0.4 is 0 Å². The average molecular weight is 220 g/mol. The third kappa shape index (κ3) is 8.36. The molecule has 2 atom stereocenters. The molecule has 0 spiro atoms. The summed E-state index contributed by atoms with van der Waals surface area (Å²) in [6, 6.07) is 0. The number of hydrogen-bond donors (Lipinski definition) is 0. The standard InChI is InChI=1S/H3P7/c1-3-5-7-6-4-2/h4H,1H2. The van der Waals surface area contributed by atoms with Gasteiger partial charge in [-0.3, -0.25) is 0 Å². The average Bonchev–Trinajstić information content (AvgIpc) is 1.69. The van der Waals surface area contributed by atoms with Crippen molar-refractivity contribution < 1.29 is 0 Å². The molecule has 0 nitrogen and oxygen atoms in total. The van der Waals surface area contributed by atoms with Crippen molar-refractivity contribution in [2.24, 2.45) is 0 Å². The Kier molecular flexibility index (Phi) is 11.2. The third-order valence-electron chi connectivity index (χ3n) is 0.181. The van der Waals surface area contributed by atoms with E-state index in [0.717, 1.165) is 7.37 Å². The van der Waals surface area contributed by atoms with E-state index in [1.54, 1.807) is 0 Å². The number of rotatable bonds is 1. The van der Waals surface area contributed by atoms with Crippen LogP contribution in [0.25, 0.3) is 0 Å². The van der Waals surface area contributed by atoms with E-state index in [9.17, 15) is 0 Å². The molecule has 0 aromatic rings. The van der Waals surface area contributed by atoms with Crippen LogP contribution in [0.1, 0.15) is 0 Å². The van der Waals surface area contributed by atoms with Crippen LogP contribution in [0.15, 0.2) is 0 Å². The van der Waals surface area contributed by atoms with Crippen molar-refractivity contribution in [2.45, 2.75) is 0 Å². The van der Waals surface area contributed by atoms with Gasteiger partial charge in [-0.1, -0.05) is 0 Å². The fraction of sp³-hybridized carbons (Fsp3) is 0. The van der Waals surface area contributed by atoms with Gasteiger partial charge in [-0.15, -0.1) is 0 Å². The molecule has 0 saturated carbocycles. The van der Waals surface area contributed by atoms with Gasteiger partial charge in [-0.05, 0) is 0 Å². The van der Waals surface area contributed by atoms with Crippen LogP contribution in [0.2, 0.25) is 0 Å². The van der Waals surface area contributed by atoms with E-state index < -0.39 is 0 Å². The second-order valence-electron chi connectivity index (χ2n) is 0.494. The minimum absolute atomic E-state index is 0.801. The zero-order valence-electron chi connectivity index (χ0n) is 3.31. The summed E-state index contributed by atoms with van der Waals surface area (Å²) in [5.41, 5.74) is 0. The van der Waals surface area contributed by atoms with Crippen molar-refractivity contribution >= 4 is 54.9 Å². The summed E-state index contributed by atoms with van der Waals surface area (Å²) < 4.78 is 0. The summed E-state index contributed by atoms with van der Waals surface area (Å²) in [5.74, 6) is 0. The van der Waals surface area contributed by atoms with Crippen LogP contribution >= 0.6 is 54.9 Å². The third-order valence-corrected chi connectivity index (χ3v) is 14.7. The predicted molar refractivity (Wildman–Crippen MR) is 52.6 cm³/mol. The Morgan fingerprint density at radius 2 is 2.14 bits per heavy atom. The molecule has 0 aromatic carbocycles. The van der Waals surface area contributed by atoms with Gasteiger partial charge in [0.15, 0.2) is 0 Å². The molecule has 7 heteroatoms. The van der Waals surface area contributed by atoms with Crippen molar-refractivity contribution in [3.8, 4) is 0 Å². The first-order valence-corrected chi connectivity index (χ1v) is 11.7. The molecule has 0 aliphatic heterocycles. The maximum absolute atomic E-state index is 4.09. The Labute approximate surface area is 55.2 Å². The van der Waals surface area contributed by atoms with Gasteiger partial charge in [0.25, 0.3) is 0 Å². The second-order valence-corrected chi connectivity index (χ2v) is 13.3. The van der Waals surface area contributed by atoms with Crippen LogP contribution in [-0.2, 0) is 0 Å². The van der Waals surface area contributed by atoms with E-state index in [1.165, 1.54) is 30.2 Å². The molecule has 0 aliphatic carbocycles. The number of hydrogen-bond acceptors (Lipinski definition) is 0. The van der Waals surface area contributed by atoms with Crippen LogP contribution in [0, 0.1) is 0 Å². The summed E-state index contributed by atoms with van der Waals surface area (Å²) in [5, 5.41) is 0. The molecule has 0 rings (SSSR count). The summed E-state index contributed by atoms with van der Waals surface area (Å²) in [6.07, 6.45) is 0. The predicted octanol–water partition coefficient (Wildman–Crippen LogP) is 5.23. The molecule has 0 saturated heterocycles. The zero-order chi connectivity index (χ0) is 5.54. The molecule has 0 amide bonds. The SMILES string of the molecule is P#[PH]/P=P\P=P/P. The molecule has 0 aliphatic rings. The fourth-order valence-electron chi connectivity index (χ4n) is 0.0631. The fourth-order valence-corrected chi connectivity index (χ4v) is 15.3. The Morgan fingerprint density at radius 1 is 1.43 bits per heavy atom. The van der Waals surface area contributed by atoms with Crippen molar-refractivity contribution in [1.82, 2.24) is 0 Å². The molecule has 0 aromatic heterocycles. The Balaban J connectivity index is 3.33. The first-order chi connectivity index (χ1) is 3.41. The summed E-state index contributed by atoms with van der Waals surface area (Å²) in [6.45, 7) is 0. The summed E-state index contributed by atoms with van der Waals surface area (Å²) in [7, 11) is 13.4. The van der Waals surface area contributed by atoms with Crippen LogP contribution in [0.4, 0.5) is 0 Å². The molecule has 0 fully saturated rings. The van der Waals surface area contributed by atoms with E-state index in [-0.39, 0.29) is 0 Å². The molecule has 0 radical (unpaired) electrons. The van der Waals surface area contributed by atoms with Gasteiger partial charge in [-0.25, -0.2) is 0 Å². The molecule has 0 N–H and O–H groups in total. The topological polar surface area (TPSA) is 0 Å². The molecule has 2 unspecified atom stereocenters. The molecular formula is H3P7. The monoisotopic (exact) mass is 220 g/mol. The van der Waals surface area contributed by atoms with E-state index in [0.29, 0.717) is 0 Å². The Hall–Kier alpha value is 2.36. The van der Waals surface area contributed by atoms with E-state index >= 15 is 0 Å². The quantitative estimate of drug-likeness (QED) is 0.530. The van der Waals surface area contributed by atoms with Crippen LogP contribution in [0.5, 0.6) is 0 Å². The van der Waals surface area contributed by atoms with Gasteiger partial charge >= 0.3 is 54.9 Å². The first kappa shape index (κ1) is 9.36. The maximum atomic E-state index is 4.09. The van der Waals surface area contributed by atoms with Gasteiger partial charge in [0.1, 0.15) is 0 Å². The molecule has 0 bridgehead atoms. The van der Waals surface area contributed by atoms with E-state index in [4.69, 9.17) is 0 Å². The molecule has 0 heterocycles. The van der Waals surface area contributed by atoms with Crippen molar-refractivity contribution in [3.63, 3.8) is 0 Å². The molecule has 38 valence electrons. The normalized spacial score (nSPS) is 12.0. The van der Waals surface area contributed by atoms with Crippen LogP contribution in [-0.4, -0.2) is 0 Å². The second kappa shape index (κ2) is 8.36. The van der Waals surface area contributed by atoms with E-state index in [2.05, 4.69) is 17.3 Å². The van der Waals surface area contributed by atoms with Gasteiger partial charge in [0.05, 0.1) is 0 Å². The van der Waals surface area contributed by atoms with Gasteiger partial charge in [0, 0.05) is 0 Å². The molecule has 7 heavy (non-hydrogen) atoms. The summed E-state index contributed by atoms with van der Waals surface area (Å²) in [4.78, 5) is 0. The molecular weight excluding hydrogens is 217 g/mol. The van der Waals surface area contributed by atoms with Crippen LogP contribution in [0.3, 0.4) is 0 Å². The zero-order valence-corrected chi connectivity index (χ0v) is 9.94. The van der Waals surface area contributed by atoms with Crippen molar-refractivity contribution in [3.05, 3.63) is 0 Å². The summed E-state index contributed by atoms with van der Waals surface area (Å²) >= 11 is 0. The van der Waals surface area contributed by atoms with Crippen molar-refractivity contribution in [2.75, 3.05) is 0 Å². The van der Waals surface area contributed by atoms with Gasteiger partial charge in [0.2, 0.25) is 0 Å². The van der Waals surface area contributed by atoms with Gasteiger partial charge in [-0.2, -0.15) is 0 Å². The van der Waals surface area contributed by atoms with Gasteiger partial charge < -0.3 is 0 Å². The Bertz CT molecular complexity index is 110. The first-order valence-electron chi connectivity index (χ1n) is 1.31. The Morgan fingerprint density at radius 3 is 2.57 bits per heavy atom. The minimum atomic E-state index is 0.801. The van der Waals surface area contributed by atoms with E-state index in [1.807, 2.05) is 0 Å².